The van der Waals surface area contributed by atoms with Crippen LogP contribution in [0.5, 0.6) is 0 Å². The number of pyridine rings is 1. The Hall–Kier alpha value is -2.69. The van der Waals surface area contributed by atoms with Crippen LogP contribution in [0.15, 0.2) is 42.6 Å². The third-order valence-corrected chi connectivity index (χ3v) is 5.47. The van der Waals surface area contributed by atoms with Crippen molar-refractivity contribution in [1.82, 2.24) is 4.98 Å². The molecule has 2 aliphatic rings. The number of carbonyl (C=O) groups is 2. The van der Waals surface area contributed by atoms with Crippen LogP contribution < -0.4 is 4.90 Å². The molecule has 1 aromatic heterocycles. The Balaban J connectivity index is 1.60. The molecule has 128 valence electrons. The van der Waals surface area contributed by atoms with Crippen molar-refractivity contribution in [2.24, 2.45) is 5.41 Å². The molecule has 2 heterocycles. The first kappa shape index (κ1) is 15.8. The lowest BCUT2D eigenvalue weighted by atomic mass is 9.70. The van der Waals surface area contributed by atoms with Crippen molar-refractivity contribution in [3.8, 4) is 0 Å². The summed E-state index contributed by atoms with van der Waals surface area (Å²) in [6.45, 7) is 0.714. The maximum atomic E-state index is 13.1. The van der Waals surface area contributed by atoms with Gasteiger partial charge in [-0.15, -0.1) is 0 Å². The molecule has 0 saturated carbocycles. The highest BCUT2D eigenvalue weighted by Crippen LogP contribution is 2.44. The summed E-state index contributed by atoms with van der Waals surface area (Å²) < 4.78 is 4.79. The summed E-state index contributed by atoms with van der Waals surface area (Å²) in [5.41, 5.74) is 2.55. The number of fused-ring (bicyclic) bond motifs is 1. The average molecular weight is 336 g/mol. The van der Waals surface area contributed by atoms with Crippen LogP contribution in [0, 0.1) is 5.41 Å². The Kier molecular flexibility index (Phi) is 3.79. The van der Waals surface area contributed by atoms with Gasteiger partial charge in [0.2, 0.25) is 5.91 Å². The lowest BCUT2D eigenvalue weighted by molar-refractivity contribution is -0.126. The van der Waals surface area contributed by atoms with Crippen LogP contribution in [-0.2, 0) is 22.4 Å². The largest absolute Gasteiger partial charge is 0.465 e. The second-order valence-electron chi connectivity index (χ2n) is 6.83. The number of amides is 1. The zero-order chi connectivity index (χ0) is 17.4. The van der Waals surface area contributed by atoms with Crippen LogP contribution in [0.1, 0.15) is 34.3 Å². The van der Waals surface area contributed by atoms with E-state index in [2.05, 4.69) is 4.98 Å². The first-order valence-electron chi connectivity index (χ1n) is 8.56. The SMILES string of the molecule is COC(=O)c1ccc2c(c1)CC[C@@]1(CCN(c3ccccn3)C1=O)C2. The number of nitrogens with zero attached hydrogens (tertiary/aromatic N) is 2. The maximum absolute atomic E-state index is 13.1. The van der Waals surface area contributed by atoms with Crippen LogP contribution in [0.4, 0.5) is 5.82 Å². The summed E-state index contributed by atoms with van der Waals surface area (Å²) in [6.07, 6.45) is 4.92. The molecule has 0 bridgehead atoms. The number of anilines is 1. The minimum Gasteiger partial charge on any atom is -0.465 e. The van der Waals surface area contributed by atoms with Gasteiger partial charge in [-0.25, -0.2) is 9.78 Å². The molecule has 1 spiro atoms. The number of hydrogen-bond acceptors (Lipinski definition) is 4. The van der Waals surface area contributed by atoms with Crippen LogP contribution in [0.3, 0.4) is 0 Å². The van der Waals surface area contributed by atoms with E-state index < -0.39 is 0 Å². The van der Waals surface area contributed by atoms with Gasteiger partial charge in [-0.3, -0.25) is 9.69 Å². The third-order valence-electron chi connectivity index (χ3n) is 5.47. The summed E-state index contributed by atoms with van der Waals surface area (Å²) >= 11 is 0. The van der Waals surface area contributed by atoms with Crippen molar-refractivity contribution in [2.45, 2.75) is 25.7 Å². The minimum absolute atomic E-state index is 0.175. The Bertz CT molecular complexity index is 834. The molecule has 1 fully saturated rings. The lowest BCUT2D eigenvalue weighted by Gasteiger charge is -2.33. The number of hydrogen-bond donors (Lipinski definition) is 0. The molecule has 1 aromatic carbocycles. The molecule has 0 unspecified atom stereocenters. The smallest absolute Gasteiger partial charge is 0.337 e. The van der Waals surface area contributed by atoms with Crippen LogP contribution >= 0.6 is 0 Å². The van der Waals surface area contributed by atoms with E-state index in [1.165, 1.54) is 7.11 Å². The first-order chi connectivity index (χ1) is 12.1. The van der Waals surface area contributed by atoms with Crippen molar-refractivity contribution >= 4 is 17.7 Å². The molecule has 1 aliphatic heterocycles. The van der Waals surface area contributed by atoms with Gasteiger partial charge in [-0.05, 0) is 61.1 Å². The summed E-state index contributed by atoms with van der Waals surface area (Å²) in [6, 6.07) is 11.3. The summed E-state index contributed by atoms with van der Waals surface area (Å²) in [7, 11) is 1.39. The van der Waals surface area contributed by atoms with Crippen LogP contribution in [0.2, 0.25) is 0 Å². The van der Waals surface area contributed by atoms with Crippen molar-refractivity contribution < 1.29 is 14.3 Å². The molecular formula is C20H20N2O3. The van der Waals surface area contributed by atoms with E-state index >= 15 is 0 Å². The molecule has 1 amide bonds. The molecular weight excluding hydrogens is 316 g/mol. The zero-order valence-electron chi connectivity index (χ0n) is 14.2. The number of aromatic nitrogens is 1. The topological polar surface area (TPSA) is 59.5 Å². The Morgan fingerprint density at radius 3 is 2.84 bits per heavy atom. The monoisotopic (exact) mass is 336 g/mol. The molecule has 1 atom stereocenters. The van der Waals surface area contributed by atoms with Gasteiger partial charge in [-0.2, -0.15) is 0 Å². The van der Waals surface area contributed by atoms with Crippen molar-refractivity contribution in [1.29, 1.82) is 0 Å². The number of aryl methyl sites for hydroxylation is 1. The highest BCUT2D eigenvalue weighted by atomic mass is 16.5. The first-order valence-corrected chi connectivity index (χ1v) is 8.56. The van der Waals surface area contributed by atoms with Gasteiger partial charge in [0.25, 0.3) is 0 Å². The number of methoxy groups -OCH3 is 1. The molecule has 4 rings (SSSR count). The van der Waals surface area contributed by atoms with E-state index in [1.54, 1.807) is 12.3 Å². The predicted octanol–water partition coefficient (Wildman–Crippen LogP) is 2.78. The Labute approximate surface area is 146 Å². The lowest BCUT2D eigenvalue weighted by Crippen LogP contribution is -2.39. The maximum Gasteiger partial charge on any atom is 0.337 e. The van der Waals surface area contributed by atoms with E-state index in [9.17, 15) is 9.59 Å². The van der Waals surface area contributed by atoms with E-state index in [1.807, 2.05) is 35.2 Å². The number of ether oxygens (including phenoxy) is 1. The van der Waals surface area contributed by atoms with E-state index in [-0.39, 0.29) is 17.3 Å². The molecule has 2 aromatic rings. The number of esters is 1. The third kappa shape index (κ3) is 2.60. The summed E-state index contributed by atoms with van der Waals surface area (Å²) in [4.78, 5) is 31.0. The van der Waals surface area contributed by atoms with Gasteiger partial charge in [0, 0.05) is 12.7 Å². The second-order valence-corrected chi connectivity index (χ2v) is 6.83. The standard InChI is InChI=1S/C20H20N2O3/c1-25-18(23)15-5-6-16-13-20(8-7-14(16)12-15)9-11-22(19(20)24)17-4-2-3-10-21-17/h2-6,10,12H,7-9,11,13H2,1H3/t20-/m1/s1. The van der Waals surface area contributed by atoms with Gasteiger partial charge in [-0.1, -0.05) is 12.1 Å². The molecule has 0 N–H and O–H groups in total. The van der Waals surface area contributed by atoms with Gasteiger partial charge < -0.3 is 4.74 Å². The number of carbonyl (C=O) groups excluding carboxylic acids is 2. The van der Waals surface area contributed by atoms with Gasteiger partial charge in [0.05, 0.1) is 18.1 Å². The quantitative estimate of drug-likeness (QED) is 0.791. The average Bonchev–Trinajstić information content (AvgIpc) is 2.97. The van der Waals surface area contributed by atoms with Gasteiger partial charge in [0.1, 0.15) is 5.82 Å². The molecule has 5 nitrogen and oxygen atoms in total. The molecule has 1 saturated heterocycles. The fourth-order valence-corrected chi connectivity index (χ4v) is 4.05. The Morgan fingerprint density at radius 1 is 1.20 bits per heavy atom. The minimum atomic E-state index is -0.336. The van der Waals surface area contributed by atoms with Crippen LogP contribution in [0.25, 0.3) is 0 Å². The van der Waals surface area contributed by atoms with Crippen molar-refractivity contribution in [2.75, 3.05) is 18.6 Å². The second kappa shape index (κ2) is 5.99. The van der Waals surface area contributed by atoms with Crippen molar-refractivity contribution in [3.05, 3.63) is 59.3 Å². The fraction of sp³-hybridized carbons (Fsp3) is 0.350. The summed E-state index contributed by atoms with van der Waals surface area (Å²) in [5.74, 6) is 0.589. The number of rotatable bonds is 2. The highest BCUT2D eigenvalue weighted by molar-refractivity contribution is 5.99. The number of benzene rings is 1. The van der Waals surface area contributed by atoms with E-state index in [0.29, 0.717) is 12.1 Å². The molecule has 5 heteroatoms. The highest BCUT2D eigenvalue weighted by Gasteiger charge is 2.48. The fourth-order valence-electron chi connectivity index (χ4n) is 4.05. The Morgan fingerprint density at radius 2 is 2.08 bits per heavy atom. The van der Waals surface area contributed by atoms with E-state index in [0.717, 1.165) is 42.6 Å². The van der Waals surface area contributed by atoms with Crippen molar-refractivity contribution in [3.63, 3.8) is 0 Å². The molecule has 25 heavy (non-hydrogen) atoms. The van der Waals surface area contributed by atoms with Crippen LogP contribution in [-0.4, -0.2) is 30.5 Å². The van der Waals surface area contributed by atoms with E-state index in [4.69, 9.17) is 4.74 Å². The molecule has 0 radical (unpaired) electrons. The normalized spacial score (nSPS) is 22.1. The molecule has 1 aliphatic carbocycles. The van der Waals surface area contributed by atoms with Gasteiger partial charge in [0.15, 0.2) is 0 Å². The van der Waals surface area contributed by atoms with Gasteiger partial charge >= 0.3 is 5.97 Å². The zero-order valence-corrected chi connectivity index (χ0v) is 14.2. The predicted molar refractivity (Wildman–Crippen MR) is 93.4 cm³/mol. The summed E-state index contributed by atoms with van der Waals surface area (Å²) in [5, 5.41) is 0.